The lowest BCUT2D eigenvalue weighted by Crippen LogP contribution is -2.50. The van der Waals surface area contributed by atoms with Gasteiger partial charge in [0.05, 0.1) is 6.26 Å². The zero-order chi connectivity index (χ0) is 18.9. The molecule has 0 fully saturated rings. The SMILES string of the molecule is CCC1N(NS(C)(=O)=O)c2c(C)ccnc2N1c1ccc(CCN)cc1. The van der Waals surface area contributed by atoms with Gasteiger partial charge in [-0.15, -0.1) is 4.83 Å². The van der Waals surface area contributed by atoms with Gasteiger partial charge in [-0.25, -0.2) is 13.4 Å². The van der Waals surface area contributed by atoms with Gasteiger partial charge in [0.1, 0.15) is 11.9 Å². The molecule has 1 aliphatic rings. The second kappa shape index (κ2) is 7.22. The number of aromatic nitrogens is 1. The summed E-state index contributed by atoms with van der Waals surface area (Å²) in [5, 5.41) is 1.71. The van der Waals surface area contributed by atoms with Crippen molar-refractivity contribution in [2.45, 2.75) is 32.9 Å². The van der Waals surface area contributed by atoms with Gasteiger partial charge < -0.3 is 10.6 Å². The Balaban J connectivity index is 2.09. The van der Waals surface area contributed by atoms with Gasteiger partial charge in [0.25, 0.3) is 0 Å². The summed E-state index contributed by atoms with van der Waals surface area (Å²) >= 11 is 0. The molecule has 0 amide bonds. The third-order valence-electron chi connectivity index (χ3n) is 4.45. The molecule has 2 aromatic rings. The molecule has 0 bridgehead atoms. The number of nitrogens with two attached hydrogens (primary N) is 1. The standard InChI is InChI=1S/C18H25N5O2S/c1-4-16-22(15-7-5-14(6-8-15)9-11-19)18-17(13(2)10-12-20-18)23(16)21-26(3,24)25/h5-8,10,12,16,21H,4,9,11,19H2,1-3H3. The first-order valence-corrected chi connectivity index (χ1v) is 10.6. The molecule has 7 nitrogen and oxygen atoms in total. The minimum atomic E-state index is -3.42. The molecule has 1 atom stereocenters. The molecule has 0 aliphatic carbocycles. The van der Waals surface area contributed by atoms with Crippen molar-refractivity contribution in [3.8, 4) is 0 Å². The number of rotatable bonds is 6. The molecule has 1 unspecified atom stereocenters. The van der Waals surface area contributed by atoms with Crippen molar-refractivity contribution >= 4 is 27.2 Å². The van der Waals surface area contributed by atoms with Gasteiger partial charge in [0.2, 0.25) is 10.0 Å². The average Bonchev–Trinajstić information content (AvgIpc) is 2.89. The summed E-state index contributed by atoms with van der Waals surface area (Å²) in [5.41, 5.74) is 9.52. The maximum Gasteiger partial charge on any atom is 0.225 e. The van der Waals surface area contributed by atoms with Gasteiger partial charge in [0, 0.05) is 11.9 Å². The second-order valence-electron chi connectivity index (χ2n) is 6.50. The van der Waals surface area contributed by atoms with Gasteiger partial charge in [-0.2, -0.15) is 0 Å². The van der Waals surface area contributed by atoms with Crippen molar-refractivity contribution in [1.29, 1.82) is 0 Å². The first-order chi connectivity index (χ1) is 12.4. The quantitative estimate of drug-likeness (QED) is 0.803. The van der Waals surface area contributed by atoms with Crippen molar-refractivity contribution in [1.82, 2.24) is 9.82 Å². The molecule has 3 rings (SSSR count). The van der Waals surface area contributed by atoms with Crippen LogP contribution in [0.1, 0.15) is 24.5 Å². The van der Waals surface area contributed by atoms with Crippen molar-refractivity contribution in [3.63, 3.8) is 0 Å². The summed E-state index contributed by atoms with van der Waals surface area (Å²) in [6, 6.07) is 10.1. The summed E-state index contributed by atoms with van der Waals surface area (Å²) in [7, 11) is -3.42. The maximum atomic E-state index is 11.9. The maximum absolute atomic E-state index is 11.9. The van der Waals surface area contributed by atoms with Crippen LogP contribution in [0.5, 0.6) is 0 Å². The van der Waals surface area contributed by atoms with Crippen molar-refractivity contribution in [2.75, 3.05) is 22.7 Å². The monoisotopic (exact) mass is 375 g/mol. The zero-order valence-electron chi connectivity index (χ0n) is 15.3. The number of anilines is 3. The van der Waals surface area contributed by atoms with E-state index in [1.54, 1.807) is 11.2 Å². The summed E-state index contributed by atoms with van der Waals surface area (Å²) in [4.78, 5) is 9.28. The third kappa shape index (κ3) is 3.53. The molecule has 0 saturated heterocycles. The van der Waals surface area contributed by atoms with Crippen LogP contribution in [0.3, 0.4) is 0 Å². The number of pyridine rings is 1. The predicted octanol–water partition coefficient (Wildman–Crippen LogP) is 2.05. The zero-order valence-corrected chi connectivity index (χ0v) is 16.1. The molecule has 3 N–H and O–H groups in total. The molecular formula is C18H25N5O2S. The van der Waals surface area contributed by atoms with Crippen LogP contribution >= 0.6 is 0 Å². The van der Waals surface area contributed by atoms with Crippen LogP contribution in [-0.2, 0) is 16.4 Å². The summed E-state index contributed by atoms with van der Waals surface area (Å²) in [5.74, 6) is 0.750. The number of sulfonamides is 1. The summed E-state index contributed by atoms with van der Waals surface area (Å²) < 4.78 is 23.9. The molecule has 1 aromatic heterocycles. The minimum Gasteiger partial charge on any atom is -0.330 e. The number of nitrogens with one attached hydrogen (secondary N) is 1. The fourth-order valence-electron chi connectivity index (χ4n) is 3.35. The van der Waals surface area contributed by atoms with Gasteiger partial charge in [-0.05, 0) is 55.6 Å². The van der Waals surface area contributed by atoms with Crippen LogP contribution in [0.15, 0.2) is 36.5 Å². The Morgan fingerprint density at radius 2 is 1.92 bits per heavy atom. The normalized spacial score (nSPS) is 16.8. The van der Waals surface area contributed by atoms with E-state index in [9.17, 15) is 8.42 Å². The number of benzene rings is 1. The van der Waals surface area contributed by atoms with Crippen molar-refractivity contribution in [2.24, 2.45) is 5.73 Å². The molecule has 140 valence electrons. The first-order valence-electron chi connectivity index (χ1n) is 8.66. The van der Waals surface area contributed by atoms with E-state index in [0.29, 0.717) is 13.0 Å². The molecule has 1 aromatic carbocycles. The first kappa shape index (κ1) is 18.6. The van der Waals surface area contributed by atoms with E-state index in [1.165, 1.54) is 5.56 Å². The van der Waals surface area contributed by atoms with E-state index in [-0.39, 0.29) is 6.17 Å². The Labute approximate surface area is 154 Å². The lowest BCUT2D eigenvalue weighted by Gasteiger charge is -2.31. The van der Waals surface area contributed by atoms with Crippen LogP contribution in [0, 0.1) is 6.92 Å². The smallest absolute Gasteiger partial charge is 0.225 e. The molecule has 0 saturated carbocycles. The number of fused-ring (bicyclic) bond motifs is 1. The molecule has 0 radical (unpaired) electrons. The predicted molar refractivity (Wildman–Crippen MR) is 105 cm³/mol. The highest BCUT2D eigenvalue weighted by molar-refractivity contribution is 7.88. The van der Waals surface area contributed by atoms with E-state index < -0.39 is 10.0 Å². The fourth-order valence-corrected chi connectivity index (χ4v) is 3.92. The van der Waals surface area contributed by atoms with E-state index in [0.717, 1.165) is 35.4 Å². The summed E-state index contributed by atoms with van der Waals surface area (Å²) in [6.07, 6.45) is 4.25. The van der Waals surface area contributed by atoms with Gasteiger partial charge in [0.15, 0.2) is 5.82 Å². The van der Waals surface area contributed by atoms with Crippen LogP contribution in [0.25, 0.3) is 0 Å². The number of hydrazine groups is 1. The minimum absolute atomic E-state index is 0.200. The molecular weight excluding hydrogens is 350 g/mol. The van der Waals surface area contributed by atoms with Crippen LogP contribution in [0.4, 0.5) is 17.2 Å². The Kier molecular flexibility index (Phi) is 5.17. The van der Waals surface area contributed by atoms with Crippen molar-refractivity contribution in [3.05, 3.63) is 47.7 Å². The Hall–Kier alpha value is -2.16. The summed E-state index contributed by atoms with van der Waals surface area (Å²) in [6.45, 7) is 4.59. The molecule has 1 aliphatic heterocycles. The topological polar surface area (TPSA) is 91.6 Å². The number of hydrogen-bond donors (Lipinski definition) is 2. The Bertz CT molecular complexity index is 883. The second-order valence-corrected chi connectivity index (χ2v) is 8.22. The van der Waals surface area contributed by atoms with Gasteiger partial charge >= 0.3 is 0 Å². The molecule has 8 heteroatoms. The number of hydrogen-bond acceptors (Lipinski definition) is 6. The van der Waals surface area contributed by atoms with Crippen LogP contribution < -0.4 is 20.5 Å². The highest BCUT2D eigenvalue weighted by Crippen LogP contribution is 2.44. The van der Waals surface area contributed by atoms with E-state index in [2.05, 4.69) is 26.8 Å². The lowest BCUT2D eigenvalue weighted by atomic mass is 10.1. The average molecular weight is 375 g/mol. The van der Waals surface area contributed by atoms with E-state index in [4.69, 9.17) is 5.73 Å². The Morgan fingerprint density at radius 1 is 1.23 bits per heavy atom. The highest BCUT2D eigenvalue weighted by atomic mass is 32.2. The van der Waals surface area contributed by atoms with Crippen molar-refractivity contribution < 1.29 is 8.42 Å². The fraction of sp³-hybridized carbons (Fsp3) is 0.389. The van der Waals surface area contributed by atoms with Crippen LogP contribution in [0.2, 0.25) is 0 Å². The molecule has 0 spiro atoms. The largest absolute Gasteiger partial charge is 0.330 e. The van der Waals surface area contributed by atoms with E-state index >= 15 is 0 Å². The number of nitrogens with zero attached hydrogens (tertiary/aromatic N) is 3. The molecule has 2 heterocycles. The van der Waals surface area contributed by atoms with E-state index in [1.807, 2.05) is 32.0 Å². The third-order valence-corrected chi connectivity index (χ3v) is 4.98. The van der Waals surface area contributed by atoms with Gasteiger partial charge in [-0.3, -0.25) is 5.01 Å². The van der Waals surface area contributed by atoms with Crippen LogP contribution in [-0.4, -0.2) is 32.4 Å². The lowest BCUT2D eigenvalue weighted by molar-refractivity contribution is 0.551. The van der Waals surface area contributed by atoms with Gasteiger partial charge in [-0.1, -0.05) is 19.1 Å². The number of aryl methyl sites for hydroxylation is 1. The highest BCUT2D eigenvalue weighted by Gasteiger charge is 2.39. The molecule has 26 heavy (non-hydrogen) atoms. The Morgan fingerprint density at radius 3 is 2.50 bits per heavy atom.